The van der Waals surface area contributed by atoms with Crippen molar-refractivity contribution in [2.45, 2.75) is 39.3 Å². The van der Waals surface area contributed by atoms with Crippen molar-refractivity contribution in [2.75, 3.05) is 6.61 Å². The van der Waals surface area contributed by atoms with E-state index in [1.807, 2.05) is 24.4 Å². The van der Waals surface area contributed by atoms with E-state index in [0.29, 0.717) is 12.5 Å². The third-order valence-corrected chi connectivity index (χ3v) is 2.19. The van der Waals surface area contributed by atoms with E-state index in [1.54, 1.807) is 0 Å². The van der Waals surface area contributed by atoms with Crippen LogP contribution in [-0.4, -0.2) is 17.1 Å². The zero-order valence-corrected chi connectivity index (χ0v) is 11.0. The van der Waals surface area contributed by atoms with Gasteiger partial charge in [0.2, 0.25) is 5.88 Å². The molecule has 94 valence electrons. The van der Waals surface area contributed by atoms with Crippen LogP contribution in [0.25, 0.3) is 0 Å². The number of hydrogen-bond acceptors (Lipinski definition) is 3. The molecular weight excluding hydrogens is 212 g/mol. The van der Waals surface area contributed by atoms with Crippen molar-refractivity contribution < 1.29 is 4.74 Å². The summed E-state index contributed by atoms with van der Waals surface area (Å²) in [7, 11) is 0. The summed E-state index contributed by atoms with van der Waals surface area (Å²) in [6.45, 7) is 11.5. The van der Waals surface area contributed by atoms with E-state index in [0.717, 1.165) is 18.5 Å². The van der Waals surface area contributed by atoms with Gasteiger partial charge in [0.15, 0.2) is 0 Å². The van der Waals surface area contributed by atoms with Crippen LogP contribution in [0.2, 0.25) is 0 Å². The lowest BCUT2D eigenvalue weighted by atomic mass is 10.1. The molecule has 0 spiro atoms. The largest absolute Gasteiger partial charge is 0.477 e. The van der Waals surface area contributed by atoms with E-state index in [9.17, 15) is 0 Å². The fraction of sp³-hybridized carbons (Fsp3) is 0.500. The number of nitrogens with zero attached hydrogens (tertiary/aromatic N) is 1. The summed E-state index contributed by atoms with van der Waals surface area (Å²) in [4.78, 5) is 4.25. The second-order valence-electron chi connectivity index (χ2n) is 5.03. The van der Waals surface area contributed by atoms with E-state index in [1.165, 1.54) is 0 Å². The topological polar surface area (TPSA) is 34.1 Å². The van der Waals surface area contributed by atoms with Gasteiger partial charge in [-0.05, 0) is 32.8 Å². The third-order valence-electron chi connectivity index (χ3n) is 2.19. The summed E-state index contributed by atoms with van der Waals surface area (Å²) in [5, 5.41) is 3.42. The highest BCUT2D eigenvalue weighted by Gasteiger charge is 2.08. The molecule has 0 unspecified atom stereocenters. The van der Waals surface area contributed by atoms with Gasteiger partial charge in [-0.3, -0.25) is 0 Å². The fourth-order valence-electron chi connectivity index (χ4n) is 1.21. The van der Waals surface area contributed by atoms with Crippen LogP contribution < -0.4 is 10.1 Å². The number of pyridine rings is 1. The van der Waals surface area contributed by atoms with Crippen molar-refractivity contribution in [2.24, 2.45) is 0 Å². The van der Waals surface area contributed by atoms with Gasteiger partial charge in [-0.2, -0.15) is 0 Å². The first kappa shape index (κ1) is 13.7. The zero-order chi connectivity index (χ0) is 12.7. The lowest BCUT2D eigenvalue weighted by Gasteiger charge is -2.20. The number of rotatable bonds is 6. The molecule has 1 N–H and O–H groups in total. The molecule has 1 aromatic heterocycles. The maximum absolute atomic E-state index is 5.44. The number of nitrogens with one attached hydrogen (secondary N) is 1. The molecule has 0 saturated heterocycles. The number of aromatic nitrogens is 1. The quantitative estimate of drug-likeness (QED) is 0.607. The predicted molar refractivity (Wildman–Crippen MR) is 71.1 cm³/mol. The highest BCUT2D eigenvalue weighted by Crippen LogP contribution is 2.09. The first-order valence-electron chi connectivity index (χ1n) is 5.95. The SMILES string of the molecule is C=CCCOc1ccc(CNC(C)(C)C)cn1. The third kappa shape index (κ3) is 6.07. The smallest absolute Gasteiger partial charge is 0.213 e. The number of hydrogen-bond donors (Lipinski definition) is 1. The molecule has 1 aromatic rings. The Morgan fingerprint density at radius 3 is 2.71 bits per heavy atom. The minimum absolute atomic E-state index is 0.124. The molecule has 0 amide bonds. The van der Waals surface area contributed by atoms with Gasteiger partial charge >= 0.3 is 0 Å². The van der Waals surface area contributed by atoms with Gasteiger partial charge in [-0.15, -0.1) is 6.58 Å². The Bertz CT molecular complexity index is 338. The maximum Gasteiger partial charge on any atom is 0.213 e. The average molecular weight is 234 g/mol. The molecule has 0 fully saturated rings. The van der Waals surface area contributed by atoms with Gasteiger partial charge in [-0.25, -0.2) is 4.98 Å². The van der Waals surface area contributed by atoms with Gasteiger partial charge in [0, 0.05) is 24.3 Å². The minimum atomic E-state index is 0.124. The Morgan fingerprint density at radius 2 is 2.18 bits per heavy atom. The van der Waals surface area contributed by atoms with E-state index < -0.39 is 0 Å². The molecule has 3 nitrogen and oxygen atoms in total. The van der Waals surface area contributed by atoms with Crippen LogP contribution >= 0.6 is 0 Å². The second kappa shape index (κ2) is 6.40. The van der Waals surface area contributed by atoms with Crippen molar-refractivity contribution in [1.29, 1.82) is 0 Å². The Kier molecular flexibility index (Phi) is 5.16. The molecule has 1 heterocycles. The molecule has 0 saturated carbocycles. The van der Waals surface area contributed by atoms with Crippen molar-refractivity contribution in [3.8, 4) is 5.88 Å². The van der Waals surface area contributed by atoms with Crippen LogP contribution in [0.15, 0.2) is 31.0 Å². The van der Waals surface area contributed by atoms with Crippen molar-refractivity contribution >= 4 is 0 Å². The molecule has 0 aliphatic rings. The van der Waals surface area contributed by atoms with E-state index in [4.69, 9.17) is 4.74 Å². The van der Waals surface area contributed by atoms with E-state index in [-0.39, 0.29) is 5.54 Å². The van der Waals surface area contributed by atoms with Gasteiger partial charge in [-0.1, -0.05) is 12.1 Å². The maximum atomic E-state index is 5.44. The molecule has 0 aromatic carbocycles. The Balaban J connectivity index is 2.42. The summed E-state index contributed by atoms with van der Waals surface area (Å²) >= 11 is 0. The first-order valence-corrected chi connectivity index (χ1v) is 5.95. The minimum Gasteiger partial charge on any atom is -0.477 e. The summed E-state index contributed by atoms with van der Waals surface area (Å²) in [6.07, 6.45) is 4.53. The monoisotopic (exact) mass is 234 g/mol. The van der Waals surface area contributed by atoms with Crippen molar-refractivity contribution in [3.63, 3.8) is 0 Å². The van der Waals surface area contributed by atoms with Crippen LogP contribution in [0, 0.1) is 0 Å². The summed E-state index contributed by atoms with van der Waals surface area (Å²) in [5.41, 5.74) is 1.29. The van der Waals surface area contributed by atoms with E-state index in [2.05, 4.69) is 37.7 Å². The van der Waals surface area contributed by atoms with Gasteiger partial charge in [0.05, 0.1) is 6.61 Å². The van der Waals surface area contributed by atoms with Crippen LogP contribution in [-0.2, 0) is 6.54 Å². The van der Waals surface area contributed by atoms with Crippen LogP contribution in [0.4, 0.5) is 0 Å². The van der Waals surface area contributed by atoms with Gasteiger partial charge < -0.3 is 10.1 Å². The summed E-state index contributed by atoms with van der Waals surface area (Å²) in [6, 6.07) is 3.94. The second-order valence-corrected chi connectivity index (χ2v) is 5.03. The Labute approximate surface area is 104 Å². The summed E-state index contributed by atoms with van der Waals surface area (Å²) < 4.78 is 5.44. The molecular formula is C14H22N2O. The Hall–Kier alpha value is -1.35. The Morgan fingerprint density at radius 1 is 1.41 bits per heavy atom. The molecule has 3 heteroatoms. The molecule has 0 aliphatic carbocycles. The predicted octanol–water partition coefficient (Wildman–Crippen LogP) is 2.92. The lowest BCUT2D eigenvalue weighted by Crippen LogP contribution is -2.35. The molecule has 0 bridgehead atoms. The first-order chi connectivity index (χ1) is 8.01. The normalized spacial score (nSPS) is 11.2. The highest BCUT2D eigenvalue weighted by atomic mass is 16.5. The van der Waals surface area contributed by atoms with Crippen LogP contribution in [0.5, 0.6) is 5.88 Å². The molecule has 17 heavy (non-hydrogen) atoms. The zero-order valence-electron chi connectivity index (χ0n) is 11.0. The highest BCUT2D eigenvalue weighted by molar-refractivity contribution is 5.17. The lowest BCUT2D eigenvalue weighted by molar-refractivity contribution is 0.312. The van der Waals surface area contributed by atoms with E-state index >= 15 is 0 Å². The average Bonchev–Trinajstić information content (AvgIpc) is 2.27. The van der Waals surface area contributed by atoms with Crippen LogP contribution in [0.1, 0.15) is 32.8 Å². The van der Waals surface area contributed by atoms with Crippen molar-refractivity contribution in [3.05, 3.63) is 36.5 Å². The number of ether oxygens (including phenoxy) is 1. The molecule has 0 aliphatic heterocycles. The standard InChI is InChI=1S/C14H22N2O/c1-5-6-9-17-13-8-7-12(10-15-13)11-16-14(2,3)4/h5,7-8,10,16H,1,6,9,11H2,2-4H3. The summed E-state index contributed by atoms with van der Waals surface area (Å²) in [5.74, 6) is 0.673. The molecule has 1 rings (SSSR count). The fourth-order valence-corrected chi connectivity index (χ4v) is 1.21. The van der Waals surface area contributed by atoms with Crippen molar-refractivity contribution in [1.82, 2.24) is 10.3 Å². The van der Waals surface area contributed by atoms with Gasteiger partial charge in [0.25, 0.3) is 0 Å². The van der Waals surface area contributed by atoms with Crippen LogP contribution in [0.3, 0.4) is 0 Å². The molecule has 0 radical (unpaired) electrons. The van der Waals surface area contributed by atoms with Gasteiger partial charge in [0.1, 0.15) is 0 Å². The molecule has 0 atom stereocenters.